The number of carbonyl (C=O) groups excluding carboxylic acids is 1. The molecule has 4 heteroatoms. The maximum atomic E-state index is 12.3. The van der Waals surface area contributed by atoms with E-state index in [0.717, 1.165) is 17.0 Å². The summed E-state index contributed by atoms with van der Waals surface area (Å²) in [4.78, 5) is 16.8. The molecular weight excluding hydrogens is 300 g/mol. The molecule has 0 aliphatic heterocycles. The Balaban J connectivity index is 1.74. The number of benzene rings is 1. The highest BCUT2D eigenvalue weighted by Crippen LogP contribution is 2.22. The van der Waals surface area contributed by atoms with Crippen LogP contribution in [0.2, 0.25) is 0 Å². The number of rotatable bonds is 3. The van der Waals surface area contributed by atoms with Crippen molar-refractivity contribution in [1.29, 1.82) is 0 Å². The smallest absolute Gasteiger partial charge is 0.338 e. The third-order valence-electron chi connectivity index (χ3n) is 4.16. The first-order chi connectivity index (χ1) is 11.4. The van der Waals surface area contributed by atoms with Crippen LogP contribution in [0, 0.1) is 6.92 Å². The molecule has 2 heterocycles. The van der Waals surface area contributed by atoms with Crippen molar-refractivity contribution >= 4 is 11.6 Å². The normalized spacial score (nSPS) is 11.7. The predicted octanol–water partition coefficient (Wildman–Crippen LogP) is 4.30. The van der Waals surface area contributed by atoms with E-state index >= 15 is 0 Å². The number of aryl methyl sites for hydroxylation is 1. The van der Waals surface area contributed by atoms with E-state index in [1.165, 1.54) is 5.56 Å². The highest BCUT2D eigenvalue weighted by Gasteiger charge is 2.16. The van der Waals surface area contributed by atoms with Crippen LogP contribution in [0.15, 0.2) is 48.7 Å². The monoisotopic (exact) mass is 322 g/mol. The molecule has 0 bridgehead atoms. The number of hydrogen-bond acceptors (Lipinski definition) is 3. The van der Waals surface area contributed by atoms with Gasteiger partial charge in [0.25, 0.3) is 0 Å². The lowest BCUT2D eigenvalue weighted by Crippen LogP contribution is -2.12. The minimum absolute atomic E-state index is 0.0655. The third-order valence-corrected chi connectivity index (χ3v) is 4.16. The Hall–Kier alpha value is -2.62. The Bertz CT molecular complexity index is 871. The summed E-state index contributed by atoms with van der Waals surface area (Å²) < 4.78 is 7.44. The van der Waals surface area contributed by atoms with Gasteiger partial charge in [0, 0.05) is 6.20 Å². The number of ether oxygens (including phenoxy) is 1. The molecule has 0 saturated carbocycles. The summed E-state index contributed by atoms with van der Waals surface area (Å²) in [6, 6.07) is 13.4. The van der Waals surface area contributed by atoms with E-state index in [2.05, 4.69) is 25.8 Å². The molecule has 0 aliphatic rings. The van der Waals surface area contributed by atoms with Crippen LogP contribution in [0.3, 0.4) is 0 Å². The van der Waals surface area contributed by atoms with Crippen LogP contribution in [0.4, 0.5) is 0 Å². The summed E-state index contributed by atoms with van der Waals surface area (Å²) in [5.41, 5.74) is 4.44. The van der Waals surface area contributed by atoms with Gasteiger partial charge in [0.05, 0.1) is 17.0 Å². The number of carbonyl (C=O) groups is 1. The molecule has 1 aromatic carbocycles. The Morgan fingerprint density at radius 2 is 1.83 bits per heavy atom. The van der Waals surface area contributed by atoms with Gasteiger partial charge in [0.15, 0.2) is 0 Å². The second-order valence-corrected chi connectivity index (χ2v) is 6.98. The molecule has 0 amide bonds. The summed E-state index contributed by atoms with van der Waals surface area (Å²) in [5.74, 6) is -0.319. The average Bonchev–Trinajstić information content (AvgIpc) is 2.87. The van der Waals surface area contributed by atoms with Crippen LogP contribution in [0.25, 0.3) is 5.65 Å². The summed E-state index contributed by atoms with van der Waals surface area (Å²) in [6.45, 7) is 8.57. The van der Waals surface area contributed by atoms with E-state index in [1.807, 2.05) is 60.0 Å². The Morgan fingerprint density at radius 3 is 2.50 bits per heavy atom. The first-order valence-corrected chi connectivity index (χ1v) is 8.06. The maximum Gasteiger partial charge on any atom is 0.338 e. The molecule has 0 saturated heterocycles. The van der Waals surface area contributed by atoms with Crippen molar-refractivity contribution in [2.45, 2.75) is 39.7 Å². The SMILES string of the molecule is Cc1nc2ccccn2c1COC(=O)c1ccc(C(C)(C)C)cc1. The zero-order valence-corrected chi connectivity index (χ0v) is 14.5. The number of fused-ring (bicyclic) bond motifs is 1. The summed E-state index contributed by atoms with van der Waals surface area (Å²) in [6.07, 6.45) is 1.93. The van der Waals surface area contributed by atoms with Crippen molar-refractivity contribution in [2.75, 3.05) is 0 Å². The first kappa shape index (κ1) is 16.2. The molecule has 3 rings (SSSR count). The zero-order valence-electron chi connectivity index (χ0n) is 14.5. The molecule has 0 N–H and O–H groups in total. The van der Waals surface area contributed by atoms with E-state index in [1.54, 1.807) is 0 Å². The van der Waals surface area contributed by atoms with Gasteiger partial charge >= 0.3 is 5.97 Å². The van der Waals surface area contributed by atoms with Gasteiger partial charge < -0.3 is 9.14 Å². The number of aromatic nitrogens is 2. The predicted molar refractivity (Wildman–Crippen MR) is 94.2 cm³/mol. The van der Waals surface area contributed by atoms with Crippen molar-refractivity contribution < 1.29 is 9.53 Å². The average molecular weight is 322 g/mol. The molecule has 4 nitrogen and oxygen atoms in total. The van der Waals surface area contributed by atoms with E-state index < -0.39 is 0 Å². The van der Waals surface area contributed by atoms with Gasteiger partial charge in [-0.3, -0.25) is 0 Å². The highest BCUT2D eigenvalue weighted by molar-refractivity contribution is 5.89. The molecule has 2 aromatic heterocycles. The minimum atomic E-state index is -0.319. The lowest BCUT2D eigenvalue weighted by atomic mass is 9.87. The van der Waals surface area contributed by atoms with Gasteiger partial charge in [0.2, 0.25) is 0 Å². The quantitative estimate of drug-likeness (QED) is 0.675. The molecule has 0 unspecified atom stereocenters. The highest BCUT2D eigenvalue weighted by atomic mass is 16.5. The molecular formula is C20H22N2O2. The van der Waals surface area contributed by atoms with Crippen molar-refractivity contribution in [2.24, 2.45) is 0 Å². The zero-order chi connectivity index (χ0) is 17.3. The standard InChI is InChI=1S/C20H22N2O2/c1-14-17(22-12-6-5-7-18(22)21-14)13-24-19(23)15-8-10-16(11-9-15)20(2,3)4/h5-12H,13H2,1-4H3. The topological polar surface area (TPSA) is 43.6 Å². The molecule has 0 aliphatic carbocycles. The molecule has 0 atom stereocenters. The van der Waals surface area contributed by atoms with Gasteiger partial charge in [-0.2, -0.15) is 0 Å². The lowest BCUT2D eigenvalue weighted by molar-refractivity contribution is 0.0466. The number of esters is 1. The van der Waals surface area contributed by atoms with Crippen molar-refractivity contribution in [3.05, 3.63) is 71.2 Å². The molecule has 124 valence electrons. The minimum Gasteiger partial charge on any atom is -0.456 e. The van der Waals surface area contributed by atoms with E-state index in [4.69, 9.17) is 4.74 Å². The fourth-order valence-corrected chi connectivity index (χ4v) is 2.66. The fraction of sp³-hybridized carbons (Fsp3) is 0.300. The fourth-order valence-electron chi connectivity index (χ4n) is 2.66. The Kier molecular flexibility index (Phi) is 4.14. The second kappa shape index (κ2) is 6.11. The van der Waals surface area contributed by atoms with Crippen LogP contribution in [0.5, 0.6) is 0 Å². The Morgan fingerprint density at radius 1 is 1.12 bits per heavy atom. The van der Waals surface area contributed by atoms with Gasteiger partial charge in [0.1, 0.15) is 12.3 Å². The number of nitrogens with zero attached hydrogens (tertiary/aromatic N) is 2. The summed E-state index contributed by atoms with van der Waals surface area (Å²) in [5, 5.41) is 0. The van der Waals surface area contributed by atoms with Crippen LogP contribution in [-0.2, 0) is 16.8 Å². The van der Waals surface area contributed by atoms with Crippen molar-refractivity contribution in [3.63, 3.8) is 0 Å². The second-order valence-electron chi connectivity index (χ2n) is 6.98. The van der Waals surface area contributed by atoms with Crippen molar-refractivity contribution in [1.82, 2.24) is 9.38 Å². The van der Waals surface area contributed by atoms with Gasteiger partial charge in [-0.15, -0.1) is 0 Å². The molecule has 3 aromatic rings. The molecule has 0 spiro atoms. The number of imidazole rings is 1. The maximum absolute atomic E-state index is 12.3. The van der Waals surface area contributed by atoms with Crippen LogP contribution >= 0.6 is 0 Å². The number of pyridine rings is 1. The van der Waals surface area contributed by atoms with Crippen LogP contribution < -0.4 is 0 Å². The summed E-state index contributed by atoms with van der Waals surface area (Å²) >= 11 is 0. The summed E-state index contributed by atoms with van der Waals surface area (Å²) in [7, 11) is 0. The van der Waals surface area contributed by atoms with Gasteiger partial charge in [-0.1, -0.05) is 39.0 Å². The van der Waals surface area contributed by atoms with E-state index in [9.17, 15) is 4.79 Å². The first-order valence-electron chi connectivity index (χ1n) is 8.06. The van der Waals surface area contributed by atoms with Crippen molar-refractivity contribution in [3.8, 4) is 0 Å². The Labute approximate surface area is 142 Å². The largest absolute Gasteiger partial charge is 0.456 e. The molecule has 24 heavy (non-hydrogen) atoms. The molecule has 0 radical (unpaired) electrons. The van der Waals surface area contributed by atoms with Gasteiger partial charge in [-0.25, -0.2) is 9.78 Å². The van der Waals surface area contributed by atoms with Gasteiger partial charge in [-0.05, 0) is 42.2 Å². The van der Waals surface area contributed by atoms with Crippen LogP contribution in [0.1, 0.15) is 48.1 Å². The third kappa shape index (κ3) is 3.18. The lowest BCUT2D eigenvalue weighted by Gasteiger charge is -2.18. The van der Waals surface area contributed by atoms with Crippen LogP contribution in [-0.4, -0.2) is 15.4 Å². The van der Waals surface area contributed by atoms with E-state index in [-0.39, 0.29) is 18.0 Å². The van der Waals surface area contributed by atoms with E-state index in [0.29, 0.717) is 5.56 Å². The molecule has 0 fully saturated rings. The number of hydrogen-bond donors (Lipinski definition) is 0.